The molecule has 0 amide bonds. The van der Waals surface area contributed by atoms with E-state index in [-0.39, 0.29) is 6.61 Å². The minimum atomic E-state index is -0.00758. The molecule has 0 aliphatic heterocycles. The third kappa shape index (κ3) is 3.85. The van der Waals surface area contributed by atoms with Gasteiger partial charge in [-0.2, -0.15) is 0 Å². The second kappa shape index (κ2) is 6.75. The van der Waals surface area contributed by atoms with Crippen LogP contribution in [0.5, 0.6) is 0 Å². The van der Waals surface area contributed by atoms with Gasteiger partial charge in [0.05, 0.1) is 6.61 Å². The van der Waals surface area contributed by atoms with Crippen LogP contribution in [0.4, 0.5) is 0 Å². The summed E-state index contributed by atoms with van der Waals surface area (Å²) < 4.78 is 0. The molecule has 20 heavy (non-hydrogen) atoms. The predicted molar refractivity (Wildman–Crippen MR) is 84.3 cm³/mol. The fourth-order valence-electron chi connectivity index (χ4n) is 2.11. The van der Waals surface area contributed by atoms with E-state index in [2.05, 4.69) is 43.9 Å². The first-order valence-electron chi connectivity index (χ1n) is 6.64. The summed E-state index contributed by atoms with van der Waals surface area (Å²) in [4.78, 5) is 0. The first-order chi connectivity index (χ1) is 9.69. The Morgan fingerprint density at radius 1 is 1.05 bits per heavy atom. The summed E-state index contributed by atoms with van der Waals surface area (Å²) in [6.45, 7) is 4.11. The number of aliphatic hydroxyl groups is 1. The lowest BCUT2D eigenvalue weighted by Gasteiger charge is -2.06. The lowest BCUT2D eigenvalue weighted by Crippen LogP contribution is -1.92. The highest BCUT2D eigenvalue weighted by Crippen LogP contribution is 2.17. The second-order valence-electron chi connectivity index (χ2n) is 4.84. The summed E-state index contributed by atoms with van der Waals surface area (Å²) in [6, 6.07) is 16.1. The molecule has 0 saturated carbocycles. The highest BCUT2D eigenvalue weighted by Gasteiger charge is 2.01. The van der Waals surface area contributed by atoms with Gasteiger partial charge < -0.3 is 5.11 Å². The highest BCUT2D eigenvalue weighted by atomic mass is 16.3. The van der Waals surface area contributed by atoms with Gasteiger partial charge in [-0.15, -0.1) is 0 Å². The van der Waals surface area contributed by atoms with E-state index in [1.807, 2.05) is 30.3 Å². The van der Waals surface area contributed by atoms with Crippen molar-refractivity contribution >= 4 is 5.57 Å². The first-order valence-corrected chi connectivity index (χ1v) is 6.64. The fraction of sp³-hybridized carbons (Fsp3) is 0.158. The molecule has 0 radical (unpaired) electrons. The third-order valence-electron chi connectivity index (χ3n) is 3.00. The molecule has 0 saturated heterocycles. The molecule has 0 atom stereocenters. The standard InChI is InChI=1S/C19H18O/c1-15-11-16(2)13-19(12-15)18(14-20)10-6-9-17-7-4-3-5-8-17/h3-5,7-8,10-13,20H,14H2,1-2H3/b18-10+. The predicted octanol–water partition coefficient (Wildman–Crippen LogP) is 3.73. The smallest absolute Gasteiger partial charge is 0.0693 e. The Labute approximate surface area is 120 Å². The van der Waals surface area contributed by atoms with E-state index in [0.717, 1.165) is 16.7 Å². The van der Waals surface area contributed by atoms with Crippen LogP contribution in [0.1, 0.15) is 22.3 Å². The van der Waals surface area contributed by atoms with Crippen LogP contribution in [0.2, 0.25) is 0 Å². The molecule has 100 valence electrons. The maximum Gasteiger partial charge on any atom is 0.0693 e. The average molecular weight is 262 g/mol. The van der Waals surface area contributed by atoms with E-state index < -0.39 is 0 Å². The van der Waals surface area contributed by atoms with E-state index in [1.165, 1.54) is 11.1 Å². The van der Waals surface area contributed by atoms with Gasteiger partial charge in [0, 0.05) is 5.56 Å². The van der Waals surface area contributed by atoms with Crippen molar-refractivity contribution in [1.29, 1.82) is 0 Å². The van der Waals surface area contributed by atoms with Crippen LogP contribution in [0.3, 0.4) is 0 Å². The zero-order valence-corrected chi connectivity index (χ0v) is 11.9. The monoisotopic (exact) mass is 262 g/mol. The average Bonchev–Trinajstić information content (AvgIpc) is 2.43. The van der Waals surface area contributed by atoms with Crippen molar-refractivity contribution in [3.63, 3.8) is 0 Å². The molecule has 1 heteroatoms. The topological polar surface area (TPSA) is 20.2 Å². The van der Waals surface area contributed by atoms with E-state index in [4.69, 9.17) is 0 Å². The Morgan fingerprint density at radius 3 is 2.30 bits per heavy atom. The van der Waals surface area contributed by atoms with E-state index in [9.17, 15) is 5.11 Å². The lowest BCUT2D eigenvalue weighted by molar-refractivity contribution is 0.350. The first kappa shape index (κ1) is 14.1. The highest BCUT2D eigenvalue weighted by molar-refractivity contribution is 5.70. The number of aryl methyl sites for hydroxylation is 2. The van der Waals surface area contributed by atoms with Crippen molar-refractivity contribution in [1.82, 2.24) is 0 Å². The molecule has 0 fully saturated rings. The van der Waals surface area contributed by atoms with Crippen molar-refractivity contribution in [2.45, 2.75) is 13.8 Å². The van der Waals surface area contributed by atoms with Gasteiger partial charge in [-0.05, 0) is 43.2 Å². The van der Waals surface area contributed by atoms with Crippen LogP contribution in [-0.2, 0) is 0 Å². The zero-order chi connectivity index (χ0) is 14.4. The van der Waals surface area contributed by atoms with Crippen molar-refractivity contribution in [3.05, 3.63) is 76.9 Å². The van der Waals surface area contributed by atoms with Crippen molar-refractivity contribution in [2.24, 2.45) is 0 Å². The number of benzene rings is 2. The van der Waals surface area contributed by atoms with Gasteiger partial charge in [-0.1, -0.05) is 59.4 Å². The molecule has 1 nitrogen and oxygen atoms in total. The van der Waals surface area contributed by atoms with Gasteiger partial charge in [-0.3, -0.25) is 0 Å². The summed E-state index contributed by atoms with van der Waals surface area (Å²) in [5.41, 5.74) is 5.24. The molecule has 2 rings (SSSR count). The number of aliphatic hydroxyl groups excluding tert-OH is 1. The van der Waals surface area contributed by atoms with Crippen molar-refractivity contribution in [3.8, 4) is 11.8 Å². The Hall–Kier alpha value is -2.30. The normalized spacial score (nSPS) is 10.8. The van der Waals surface area contributed by atoms with Crippen LogP contribution in [0, 0.1) is 25.7 Å². The van der Waals surface area contributed by atoms with Gasteiger partial charge >= 0.3 is 0 Å². The quantitative estimate of drug-likeness (QED) is 0.818. The van der Waals surface area contributed by atoms with Crippen LogP contribution in [0.25, 0.3) is 5.57 Å². The van der Waals surface area contributed by atoms with Gasteiger partial charge in [0.15, 0.2) is 0 Å². The van der Waals surface area contributed by atoms with E-state index in [1.54, 1.807) is 6.08 Å². The van der Waals surface area contributed by atoms with Crippen LogP contribution >= 0.6 is 0 Å². The minimum absolute atomic E-state index is 0.00758. The summed E-state index contributed by atoms with van der Waals surface area (Å²) in [7, 11) is 0. The Bertz CT molecular complexity index is 650. The Morgan fingerprint density at radius 2 is 1.70 bits per heavy atom. The fourth-order valence-corrected chi connectivity index (χ4v) is 2.11. The minimum Gasteiger partial charge on any atom is -0.392 e. The lowest BCUT2D eigenvalue weighted by atomic mass is 10.0. The van der Waals surface area contributed by atoms with Crippen molar-refractivity contribution < 1.29 is 5.11 Å². The van der Waals surface area contributed by atoms with Crippen LogP contribution in [-0.4, -0.2) is 11.7 Å². The number of rotatable bonds is 2. The summed E-state index contributed by atoms with van der Waals surface area (Å²) in [6.07, 6.45) is 1.79. The van der Waals surface area contributed by atoms with Crippen LogP contribution < -0.4 is 0 Å². The molecular weight excluding hydrogens is 244 g/mol. The summed E-state index contributed by atoms with van der Waals surface area (Å²) in [5, 5.41) is 9.52. The molecule has 0 spiro atoms. The van der Waals surface area contributed by atoms with Gasteiger partial charge in [0.1, 0.15) is 0 Å². The maximum atomic E-state index is 9.52. The summed E-state index contributed by atoms with van der Waals surface area (Å²) >= 11 is 0. The van der Waals surface area contributed by atoms with E-state index in [0.29, 0.717) is 0 Å². The van der Waals surface area contributed by atoms with Gasteiger partial charge in [0.2, 0.25) is 0 Å². The Kier molecular flexibility index (Phi) is 4.76. The number of hydrogen-bond acceptors (Lipinski definition) is 1. The molecule has 0 bridgehead atoms. The SMILES string of the molecule is Cc1cc(C)cc(/C(=C/C#Cc2ccccc2)CO)c1. The molecule has 0 aliphatic rings. The largest absolute Gasteiger partial charge is 0.392 e. The Balaban J connectivity index is 2.28. The molecular formula is C19H18O. The molecule has 1 N–H and O–H groups in total. The van der Waals surface area contributed by atoms with Crippen LogP contribution in [0.15, 0.2) is 54.6 Å². The van der Waals surface area contributed by atoms with E-state index >= 15 is 0 Å². The molecule has 2 aromatic rings. The molecule has 0 aromatic heterocycles. The van der Waals surface area contributed by atoms with Crippen molar-refractivity contribution in [2.75, 3.05) is 6.61 Å². The number of hydrogen-bond donors (Lipinski definition) is 1. The van der Waals surface area contributed by atoms with Gasteiger partial charge in [0.25, 0.3) is 0 Å². The molecule has 2 aromatic carbocycles. The molecule has 0 aliphatic carbocycles. The maximum absolute atomic E-state index is 9.52. The van der Waals surface area contributed by atoms with Gasteiger partial charge in [-0.25, -0.2) is 0 Å². The number of allylic oxidation sites excluding steroid dienone is 1. The zero-order valence-electron chi connectivity index (χ0n) is 11.9. The molecule has 0 unspecified atom stereocenters. The second-order valence-corrected chi connectivity index (χ2v) is 4.84. The molecule has 0 heterocycles. The third-order valence-corrected chi connectivity index (χ3v) is 3.00. The summed E-state index contributed by atoms with van der Waals surface area (Å²) in [5.74, 6) is 6.09.